The van der Waals surface area contributed by atoms with Crippen LogP contribution in [0.1, 0.15) is 43.4 Å². The Kier molecular flexibility index (Phi) is 8.51. The molecular weight excluding hydrogens is 532 g/mol. The molecule has 0 aliphatic carbocycles. The summed E-state index contributed by atoms with van der Waals surface area (Å²) in [6, 6.07) is 13.5. The number of nitro groups is 1. The van der Waals surface area contributed by atoms with Crippen molar-refractivity contribution < 1.29 is 14.4 Å². The maximum atomic E-state index is 13.7. The first kappa shape index (κ1) is 28.3. The highest BCUT2D eigenvalue weighted by Crippen LogP contribution is 2.35. The summed E-state index contributed by atoms with van der Waals surface area (Å²) in [5, 5.41) is 16.6. The van der Waals surface area contributed by atoms with E-state index in [1.54, 1.807) is 24.3 Å². The van der Waals surface area contributed by atoms with Gasteiger partial charge in [0.2, 0.25) is 5.75 Å². The standard InChI is InChI=1S/C30H27ClN4O5/c1-6-12-40-28-20(14-21(31)15-26(28)35(37)38)17-32-34-29(33-25-11-9-8-10-22(25)30(34)36)24-16-23(18(3)4)27(39-7-2)13-19(24)5/h1,8-11,13-18H,7,12H2,2-5H3. The Morgan fingerprint density at radius 2 is 1.98 bits per heavy atom. The zero-order valence-electron chi connectivity index (χ0n) is 22.5. The number of ether oxygens (including phenoxy) is 2. The van der Waals surface area contributed by atoms with E-state index in [4.69, 9.17) is 32.5 Å². The Morgan fingerprint density at radius 1 is 1.23 bits per heavy atom. The van der Waals surface area contributed by atoms with Gasteiger partial charge in [-0.25, -0.2) is 4.98 Å². The molecule has 4 rings (SSSR count). The molecule has 0 unspecified atom stereocenters. The van der Waals surface area contributed by atoms with E-state index in [1.807, 2.05) is 26.0 Å². The predicted molar refractivity (Wildman–Crippen MR) is 157 cm³/mol. The van der Waals surface area contributed by atoms with Gasteiger partial charge in [0.15, 0.2) is 5.82 Å². The van der Waals surface area contributed by atoms with Crippen molar-refractivity contribution in [3.63, 3.8) is 0 Å². The number of terminal acetylenes is 1. The highest BCUT2D eigenvalue weighted by Gasteiger charge is 2.22. The van der Waals surface area contributed by atoms with Crippen LogP contribution < -0.4 is 15.0 Å². The van der Waals surface area contributed by atoms with Crippen LogP contribution in [0, 0.1) is 29.4 Å². The molecule has 40 heavy (non-hydrogen) atoms. The Hall–Kier alpha value is -4.68. The van der Waals surface area contributed by atoms with Gasteiger partial charge >= 0.3 is 5.69 Å². The average molecular weight is 559 g/mol. The van der Waals surface area contributed by atoms with Gasteiger partial charge in [-0.05, 0) is 61.2 Å². The third-order valence-electron chi connectivity index (χ3n) is 6.15. The fraction of sp³-hybridized carbons (Fsp3) is 0.233. The number of rotatable bonds is 9. The number of para-hydroxylation sites is 1. The van der Waals surface area contributed by atoms with E-state index in [9.17, 15) is 14.9 Å². The molecule has 1 heterocycles. The molecule has 0 radical (unpaired) electrons. The highest BCUT2D eigenvalue weighted by atomic mass is 35.5. The molecule has 0 amide bonds. The molecule has 0 spiro atoms. The van der Waals surface area contributed by atoms with Crippen LogP contribution in [0.2, 0.25) is 5.02 Å². The van der Waals surface area contributed by atoms with E-state index < -0.39 is 10.5 Å². The average Bonchev–Trinajstić information content (AvgIpc) is 2.91. The van der Waals surface area contributed by atoms with Gasteiger partial charge in [-0.15, -0.1) is 6.42 Å². The normalized spacial score (nSPS) is 11.2. The molecule has 3 aromatic carbocycles. The Bertz CT molecular complexity index is 1740. The third-order valence-corrected chi connectivity index (χ3v) is 6.36. The van der Waals surface area contributed by atoms with E-state index in [1.165, 1.54) is 17.0 Å². The van der Waals surface area contributed by atoms with Crippen LogP contribution >= 0.6 is 11.6 Å². The van der Waals surface area contributed by atoms with Crippen molar-refractivity contribution in [2.24, 2.45) is 5.10 Å². The number of fused-ring (bicyclic) bond motifs is 1. The molecule has 0 atom stereocenters. The lowest BCUT2D eigenvalue weighted by Crippen LogP contribution is -2.21. The lowest BCUT2D eigenvalue weighted by molar-refractivity contribution is -0.385. The van der Waals surface area contributed by atoms with E-state index >= 15 is 0 Å². The summed E-state index contributed by atoms with van der Waals surface area (Å²) >= 11 is 6.17. The van der Waals surface area contributed by atoms with E-state index in [-0.39, 0.29) is 34.5 Å². The van der Waals surface area contributed by atoms with Crippen LogP contribution in [0.5, 0.6) is 11.5 Å². The van der Waals surface area contributed by atoms with Crippen molar-refractivity contribution in [1.82, 2.24) is 9.66 Å². The second-order valence-electron chi connectivity index (χ2n) is 9.20. The fourth-order valence-electron chi connectivity index (χ4n) is 4.30. The maximum absolute atomic E-state index is 13.7. The van der Waals surface area contributed by atoms with E-state index in [0.717, 1.165) is 22.9 Å². The van der Waals surface area contributed by atoms with Crippen molar-refractivity contribution in [3.05, 3.63) is 90.7 Å². The topological polar surface area (TPSA) is 109 Å². The van der Waals surface area contributed by atoms with Gasteiger partial charge in [-0.3, -0.25) is 14.9 Å². The number of benzene rings is 3. The number of aromatic nitrogens is 2. The van der Waals surface area contributed by atoms with Gasteiger partial charge in [0.05, 0.1) is 28.6 Å². The zero-order valence-corrected chi connectivity index (χ0v) is 23.2. The van der Waals surface area contributed by atoms with Crippen molar-refractivity contribution in [2.45, 2.75) is 33.6 Å². The molecule has 0 bridgehead atoms. The summed E-state index contributed by atoms with van der Waals surface area (Å²) in [6.45, 7) is 8.24. The number of nitro benzene ring substituents is 1. The molecule has 0 saturated carbocycles. The smallest absolute Gasteiger partial charge is 0.313 e. The summed E-state index contributed by atoms with van der Waals surface area (Å²) < 4.78 is 12.5. The number of hydrogen-bond donors (Lipinski definition) is 0. The minimum Gasteiger partial charge on any atom is -0.494 e. The fourth-order valence-corrected chi connectivity index (χ4v) is 4.52. The summed E-state index contributed by atoms with van der Waals surface area (Å²) in [5.41, 5.74) is 2.35. The monoisotopic (exact) mass is 558 g/mol. The van der Waals surface area contributed by atoms with Crippen LogP contribution in [0.25, 0.3) is 22.3 Å². The van der Waals surface area contributed by atoms with Crippen molar-refractivity contribution in [1.29, 1.82) is 0 Å². The Balaban J connectivity index is 2.00. The van der Waals surface area contributed by atoms with Crippen LogP contribution in [-0.2, 0) is 0 Å². The SMILES string of the molecule is C#CCOc1c(C=Nn2c(-c3cc(C(C)C)c(OCC)cc3C)nc3ccccc3c2=O)cc(Cl)cc1[N+](=O)[O-]. The van der Waals surface area contributed by atoms with Crippen LogP contribution in [0.4, 0.5) is 5.69 Å². The van der Waals surface area contributed by atoms with Gasteiger partial charge in [-0.2, -0.15) is 9.78 Å². The maximum Gasteiger partial charge on any atom is 0.313 e. The molecule has 9 nitrogen and oxygen atoms in total. The highest BCUT2D eigenvalue weighted by molar-refractivity contribution is 6.31. The van der Waals surface area contributed by atoms with Crippen molar-refractivity contribution in [2.75, 3.05) is 13.2 Å². The summed E-state index contributed by atoms with van der Waals surface area (Å²) in [5.74, 6) is 3.37. The van der Waals surface area contributed by atoms with Gasteiger partial charge in [-0.1, -0.05) is 43.5 Å². The van der Waals surface area contributed by atoms with Crippen LogP contribution in [-0.4, -0.2) is 34.0 Å². The molecular formula is C30H27ClN4O5. The number of hydrogen-bond acceptors (Lipinski definition) is 7. The number of nitrogens with zero attached hydrogens (tertiary/aromatic N) is 4. The first-order valence-electron chi connectivity index (χ1n) is 12.5. The molecule has 10 heteroatoms. The van der Waals surface area contributed by atoms with Crippen molar-refractivity contribution in [3.8, 4) is 35.2 Å². The van der Waals surface area contributed by atoms with Gasteiger partial charge in [0, 0.05) is 22.2 Å². The van der Waals surface area contributed by atoms with E-state index in [0.29, 0.717) is 28.9 Å². The second kappa shape index (κ2) is 12.0. The third kappa shape index (κ3) is 5.67. The van der Waals surface area contributed by atoms with Gasteiger partial charge in [0.1, 0.15) is 12.4 Å². The molecule has 0 aliphatic heterocycles. The Labute approximate surface area is 236 Å². The molecule has 0 fully saturated rings. The summed E-state index contributed by atoms with van der Waals surface area (Å²) in [4.78, 5) is 29.6. The molecule has 204 valence electrons. The summed E-state index contributed by atoms with van der Waals surface area (Å²) in [6.07, 6.45) is 6.59. The minimum atomic E-state index is -0.624. The largest absolute Gasteiger partial charge is 0.494 e. The molecule has 0 saturated heterocycles. The predicted octanol–water partition coefficient (Wildman–Crippen LogP) is 6.35. The zero-order chi connectivity index (χ0) is 29.0. The van der Waals surface area contributed by atoms with Crippen LogP contribution in [0.15, 0.2) is 58.4 Å². The quantitative estimate of drug-likeness (QED) is 0.102. The minimum absolute atomic E-state index is 0.0920. The first-order chi connectivity index (χ1) is 19.2. The Morgan fingerprint density at radius 3 is 2.65 bits per heavy atom. The van der Waals surface area contributed by atoms with Gasteiger partial charge in [0.25, 0.3) is 5.56 Å². The molecule has 0 aliphatic rings. The number of aryl methyl sites for hydroxylation is 1. The molecule has 0 N–H and O–H groups in total. The van der Waals surface area contributed by atoms with E-state index in [2.05, 4.69) is 24.9 Å². The second-order valence-corrected chi connectivity index (χ2v) is 9.64. The molecule has 4 aromatic rings. The lowest BCUT2D eigenvalue weighted by Gasteiger charge is -2.18. The molecule has 1 aromatic heterocycles. The van der Waals surface area contributed by atoms with Crippen LogP contribution in [0.3, 0.4) is 0 Å². The van der Waals surface area contributed by atoms with Crippen molar-refractivity contribution >= 4 is 34.4 Å². The number of halogens is 1. The lowest BCUT2D eigenvalue weighted by atomic mass is 9.96. The first-order valence-corrected chi connectivity index (χ1v) is 12.9. The summed E-state index contributed by atoms with van der Waals surface area (Å²) in [7, 11) is 0. The van der Waals surface area contributed by atoms with Gasteiger partial charge < -0.3 is 9.47 Å².